The molecule has 0 bridgehead atoms. The lowest BCUT2D eigenvalue weighted by atomic mass is 10.1. The summed E-state index contributed by atoms with van der Waals surface area (Å²) >= 11 is 12.3. The van der Waals surface area contributed by atoms with Crippen LogP contribution in [0.2, 0.25) is 10.0 Å². The number of hydrogen-bond acceptors (Lipinski definition) is 5. The number of likely N-dealkylation sites (N-methyl/N-ethyl adjacent to an activating group) is 1. The number of hydrogen-bond donors (Lipinski definition) is 1. The van der Waals surface area contributed by atoms with Crippen LogP contribution in [0.3, 0.4) is 0 Å². The molecule has 8 nitrogen and oxygen atoms in total. The van der Waals surface area contributed by atoms with Crippen molar-refractivity contribution in [2.24, 2.45) is 0 Å². The van der Waals surface area contributed by atoms with Gasteiger partial charge in [-0.3, -0.25) is 13.9 Å². The monoisotopic (exact) mass is 515 g/mol. The summed E-state index contributed by atoms with van der Waals surface area (Å²) in [5.41, 5.74) is 0.797. The van der Waals surface area contributed by atoms with E-state index in [4.69, 9.17) is 27.9 Å². The number of amides is 2. The molecular formula is C22H27Cl2N3O5S. The molecule has 2 amide bonds. The van der Waals surface area contributed by atoms with Crippen molar-refractivity contribution in [1.82, 2.24) is 10.2 Å². The fourth-order valence-electron chi connectivity index (χ4n) is 3.33. The molecule has 1 N–H and O–H groups in total. The van der Waals surface area contributed by atoms with Crippen molar-refractivity contribution < 1.29 is 22.7 Å². The zero-order valence-corrected chi connectivity index (χ0v) is 21.2. The van der Waals surface area contributed by atoms with Gasteiger partial charge < -0.3 is 15.0 Å². The maximum Gasteiger partial charge on any atom is 0.244 e. The van der Waals surface area contributed by atoms with Gasteiger partial charge in [0.25, 0.3) is 0 Å². The van der Waals surface area contributed by atoms with Gasteiger partial charge in [0.15, 0.2) is 0 Å². The first-order valence-electron chi connectivity index (χ1n) is 10.1. The zero-order valence-electron chi connectivity index (χ0n) is 18.8. The van der Waals surface area contributed by atoms with E-state index in [0.29, 0.717) is 12.2 Å². The van der Waals surface area contributed by atoms with Crippen molar-refractivity contribution in [3.8, 4) is 5.75 Å². The van der Waals surface area contributed by atoms with E-state index in [1.54, 1.807) is 31.2 Å². The summed E-state index contributed by atoms with van der Waals surface area (Å²) in [6.07, 6.45) is 1.30. The maximum absolute atomic E-state index is 13.5. The summed E-state index contributed by atoms with van der Waals surface area (Å²) in [6.45, 7) is 1.28. The molecule has 2 aromatic rings. The Morgan fingerprint density at radius 1 is 1.15 bits per heavy atom. The summed E-state index contributed by atoms with van der Waals surface area (Å²) in [6, 6.07) is 10.6. The number of nitrogens with one attached hydrogen (secondary N) is 1. The molecule has 0 aliphatic rings. The van der Waals surface area contributed by atoms with Crippen LogP contribution < -0.4 is 14.4 Å². The van der Waals surface area contributed by atoms with Crippen molar-refractivity contribution in [3.05, 3.63) is 58.1 Å². The second-order valence-electron chi connectivity index (χ2n) is 7.28. The summed E-state index contributed by atoms with van der Waals surface area (Å²) in [7, 11) is -0.898. The summed E-state index contributed by atoms with van der Waals surface area (Å²) in [4.78, 5) is 27.4. The molecule has 0 aromatic heterocycles. The highest BCUT2D eigenvalue weighted by Crippen LogP contribution is 2.31. The van der Waals surface area contributed by atoms with Gasteiger partial charge in [-0.05, 0) is 42.3 Å². The van der Waals surface area contributed by atoms with E-state index in [-0.39, 0.29) is 28.2 Å². The molecule has 11 heteroatoms. The summed E-state index contributed by atoms with van der Waals surface area (Å²) in [5, 5.41) is 2.95. The predicted octanol–water partition coefficient (Wildman–Crippen LogP) is 3.32. The smallest absolute Gasteiger partial charge is 0.244 e. The molecule has 33 heavy (non-hydrogen) atoms. The Kier molecular flexibility index (Phi) is 9.39. The normalized spacial score (nSPS) is 12.1. The Morgan fingerprint density at radius 2 is 1.85 bits per heavy atom. The first-order valence-corrected chi connectivity index (χ1v) is 12.7. The first-order chi connectivity index (χ1) is 15.5. The zero-order chi connectivity index (χ0) is 24.8. The molecule has 0 saturated heterocycles. The van der Waals surface area contributed by atoms with Crippen LogP contribution in [0.15, 0.2) is 42.5 Å². The number of benzene rings is 2. The summed E-state index contributed by atoms with van der Waals surface area (Å²) in [5.74, 6) is -0.341. The molecule has 2 aromatic carbocycles. The molecule has 0 aliphatic heterocycles. The molecule has 1 atom stereocenters. The third-order valence-corrected chi connectivity index (χ3v) is 6.66. The molecule has 0 fully saturated rings. The number of anilines is 1. The van der Waals surface area contributed by atoms with Crippen LogP contribution in [0.1, 0.15) is 18.9 Å². The molecule has 0 saturated carbocycles. The van der Waals surface area contributed by atoms with Gasteiger partial charge in [0, 0.05) is 18.6 Å². The SMILES string of the molecule is CCC(C(=O)NC)N(Cc1cccc(OC)c1)C(=O)CN(c1cc(Cl)ccc1Cl)S(C)(=O)=O. The van der Waals surface area contributed by atoms with Crippen LogP contribution >= 0.6 is 23.2 Å². The average Bonchev–Trinajstić information content (AvgIpc) is 2.78. The van der Waals surface area contributed by atoms with Crippen molar-refractivity contribution in [2.75, 3.05) is 31.3 Å². The molecule has 1 unspecified atom stereocenters. The van der Waals surface area contributed by atoms with Crippen LogP contribution in [0.5, 0.6) is 5.75 Å². The Balaban J connectivity index is 2.48. The summed E-state index contributed by atoms with van der Waals surface area (Å²) < 4.78 is 31.3. The first kappa shape index (κ1) is 26.8. The number of carbonyl (C=O) groups is 2. The van der Waals surface area contributed by atoms with Crippen LogP contribution in [-0.2, 0) is 26.2 Å². The Labute approximate surface area is 204 Å². The lowest BCUT2D eigenvalue weighted by Gasteiger charge is -2.32. The highest BCUT2D eigenvalue weighted by molar-refractivity contribution is 7.92. The minimum absolute atomic E-state index is 0.0723. The van der Waals surface area contributed by atoms with Crippen LogP contribution in [0.4, 0.5) is 5.69 Å². The number of rotatable bonds is 10. The maximum atomic E-state index is 13.5. The van der Waals surface area contributed by atoms with E-state index in [9.17, 15) is 18.0 Å². The number of carbonyl (C=O) groups excluding carboxylic acids is 2. The minimum Gasteiger partial charge on any atom is -0.497 e. The van der Waals surface area contributed by atoms with Crippen molar-refractivity contribution in [2.45, 2.75) is 25.9 Å². The van der Waals surface area contributed by atoms with Crippen LogP contribution in [-0.4, -0.2) is 58.1 Å². The lowest BCUT2D eigenvalue weighted by Crippen LogP contribution is -2.51. The van der Waals surface area contributed by atoms with Crippen molar-refractivity contribution in [3.63, 3.8) is 0 Å². The quantitative estimate of drug-likeness (QED) is 0.523. The van der Waals surface area contributed by atoms with Gasteiger partial charge in [-0.15, -0.1) is 0 Å². The molecule has 180 valence electrons. The molecule has 2 rings (SSSR count). The Hall–Kier alpha value is -2.49. The highest BCUT2D eigenvalue weighted by Gasteiger charge is 2.32. The molecule has 0 heterocycles. The topological polar surface area (TPSA) is 96.0 Å². The van der Waals surface area contributed by atoms with Crippen LogP contribution in [0.25, 0.3) is 0 Å². The molecule has 0 radical (unpaired) electrons. The minimum atomic E-state index is -3.91. The molecule has 0 spiro atoms. The third-order valence-electron chi connectivity index (χ3n) is 4.98. The number of halogens is 2. The van der Waals surface area contributed by atoms with Gasteiger partial charge in [0.05, 0.1) is 24.1 Å². The van der Waals surface area contributed by atoms with Gasteiger partial charge in [0.2, 0.25) is 21.8 Å². The van der Waals surface area contributed by atoms with Gasteiger partial charge in [-0.2, -0.15) is 0 Å². The van der Waals surface area contributed by atoms with Crippen LogP contribution in [0, 0.1) is 0 Å². The van der Waals surface area contributed by atoms with Gasteiger partial charge in [-0.1, -0.05) is 42.3 Å². The average molecular weight is 516 g/mol. The largest absolute Gasteiger partial charge is 0.497 e. The van der Waals surface area contributed by atoms with Crippen molar-refractivity contribution >= 4 is 50.7 Å². The number of sulfonamides is 1. The second kappa shape index (κ2) is 11.6. The number of ether oxygens (including phenoxy) is 1. The number of methoxy groups -OCH3 is 1. The fraction of sp³-hybridized carbons (Fsp3) is 0.364. The number of nitrogens with zero attached hydrogens (tertiary/aromatic N) is 2. The van der Waals surface area contributed by atoms with Gasteiger partial charge in [0.1, 0.15) is 18.3 Å². The van der Waals surface area contributed by atoms with E-state index in [1.807, 2.05) is 0 Å². The second-order valence-corrected chi connectivity index (χ2v) is 10.0. The van der Waals surface area contributed by atoms with E-state index in [2.05, 4.69) is 5.32 Å². The van der Waals surface area contributed by atoms with E-state index >= 15 is 0 Å². The van der Waals surface area contributed by atoms with E-state index in [1.165, 1.54) is 37.3 Å². The van der Waals surface area contributed by atoms with E-state index in [0.717, 1.165) is 16.1 Å². The highest BCUT2D eigenvalue weighted by atomic mass is 35.5. The standard InChI is InChI=1S/C22H27Cl2N3O5S/c1-5-19(22(29)25-2)26(13-15-7-6-8-17(11-15)32-3)21(28)14-27(33(4,30)31)20-12-16(23)9-10-18(20)24/h6-12,19H,5,13-14H2,1-4H3,(H,25,29). The van der Waals surface area contributed by atoms with Gasteiger partial charge >= 0.3 is 0 Å². The lowest BCUT2D eigenvalue weighted by molar-refractivity contribution is -0.140. The Bertz CT molecular complexity index is 1110. The molecule has 0 aliphatic carbocycles. The third kappa shape index (κ3) is 6.99. The Morgan fingerprint density at radius 3 is 2.42 bits per heavy atom. The molecular weight excluding hydrogens is 489 g/mol. The van der Waals surface area contributed by atoms with Crippen molar-refractivity contribution in [1.29, 1.82) is 0 Å². The van der Waals surface area contributed by atoms with E-state index < -0.39 is 28.5 Å². The predicted molar refractivity (Wildman–Crippen MR) is 130 cm³/mol. The fourth-order valence-corrected chi connectivity index (χ4v) is 4.61. The van der Waals surface area contributed by atoms with Gasteiger partial charge in [-0.25, -0.2) is 8.42 Å².